The maximum atomic E-state index is 6.84. The summed E-state index contributed by atoms with van der Waals surface area (Å²) in [4.78, 5) is 0. The molecule has 0 radical (unpaired) electrons. The van der Waals surface area contributed by atoms with Gasteiger partial charge in [0.25, 0.3) is 0 Å². The normalized spacial score (nSPS) is 11.8. The van der Waals surface area contributed by atoms with Crippen LogP contribution in [0.15, 0.2) is 174 Å². The predicted molar refractivity (Wildman–Crippen MR) is 196 cm³/mol. The van der Waals surface area contributed by atoms with Crippen LogP contribution in [-0.4, -0.2) is 9.13 Å². The molecule has 0 fully saturated rings. The van der Waals surface area contributed by atoms with Crippen molar-refractivity contribution in [1.29, 1.82) is 0 Å². The molecule has 0 aliphatic heterocycles. The van der Waals surface area contributed by atoms with Crippen molar-refractivity contribution in [3.63, 3.8) is 0 Å². The Bertz CT molecular complexity index is 2720. The number of benzene rings is 7. The molecular formula is C44H28N2O. The van der Waals surface area contributed by atoms with Gasteiger partial charge in [0.2, 0.25) is 5.71 Å². The van der Waals surface area contributed by atoms with E-state index >= 15 is 0 Å². The molecule has 3 heterocycles. The zero-order valence-corrected chi connectivity index (χ0v) is 25.5. The fourth-order valence-corrected chi connectivity index (χ4v) is 7.44. The standard InChI is InChI=1S/C44H28N2O/c1-2-14-32(15-3-1)46-41-23-9-6-18-37(41)42-38-20-11-19-34(43(38)47-44(42)46)31-13-10-12-30(28-31)29-24-26-33(27-25-29)45-39-21-7-4-16-35(39)36-17-5-8-22-40(36)45/h1-28H. The van der Waals surface area contributed by atoms with Gasteiger partial charge in [0, 0.05) is 38.5 Å². The molecule has 0 unspecified atom stereocenters. The van der Waals surface area contributed by atoms with E-state index in [4.69, 9.17) is 4.42 Å². The summed E-state index contributed by atoms with van der Waals surface area (Å²) in [7, 11) is 0. The SMILES string of the molecule is c1ccc(-n2c3ccccc3c3c4cccc(-c5cccc(-c6ccc(-n7c8ccccc8c8ccccc87)cc6)c5)c4oc32)cc1. The quantitative estimate of drug-likeness (QED) is 0.197. The number of fused-ring (bicyclic) bond motifs is 8. The Hall–Kier alpha value is -6.32. The van der Waals surface area contributed by atoms with Gasteiger partial charge >= 0.3 is 0 Å². The molecule has 0 saturated carbocycles. The average molecular weight is 601 g/mol. The van der Waals surface area contributed by atoms with Gasteiger partial charge in [0.15, 0.2) is 0 Å². The summed E-state index contributed by atoms with van der Waals surface area (Å²) in [6, 6.07) is 60.5. The molecule has 0 spiro atoms. The first-order valence-corrected chi connectivity index (χ1v) is 16.0. The Balaban J connectivity index is 1.09. The zero-order valence-electron chi connectivity index (χ0n) is 25.5. The van der Waals surface area contributed by atoms with E-state index in [0.717, 1.165) is 50.1 Å². The third-order valence-electron chi connectivity index (χ3n) is 9.54. The van der Waals surface area contributed by atoms with Crippen molar-refractivity contribution < 1.29 is 4.42 Å². The summed E-state index contributed by atoms with van der Waals surface area (Å²) in [5, 5.41) is 6.02. The summed E-state index contributed by atoms with van der Waals surface area (Å²) >= 11 is 0. The first-order valence-electron chi connectivity index (χ1n) is 16.0. The third-order valence-corrected chi connectivity index (χ3v) is 9.54. The van der Waals surface area contributed by atoms with E-state index in [1.165, 1.54) is 38.3 Å². The van der Waals surface area contributed by atoms with Gasteiger partial charge in [-0.1, -0.05) is 121 Å². The highest BCUT2D eigenvalue weighted by Crippen LogP contribution is 2.42. The van der Waals surface area contributed by atoms with Gasteiger partial charge in [-0.05, 0) is 65.2 Å². The molecule has 3 aromatic heterocycles. The lowest BCUT2D eigenvalue weighted by Crippen LogP contribution is -1.93. The van der Waals surface area contributed by atoms with Gasteiger partial charge in [0.05, 0.1) is 21.9 Å². The van der Waals surface area contributed by atoms with Crippen LogP contribution in [-0.2, 0) is 0 Å². The van der Waals surface area contributed by atoms with E-state index in [1.54, 1.807) is 0 Å². The summed E-state index contributed by atoms with van der Waals surface area (Å²) in [5.41, 5.74) is 12.2. The van der Waals surface area contributed by atoms with Crippen molar-refractivity contribution in [2.45, 2.75) is 0 Å². The van der Waals surface area contributed by atoms with E-state index in [0.29, 0.717) is 0 Å². The van der Waals surface area contributed by atoms with Crippen molar-refractivity contribution in [3.05, 3.63) is 170 Å². The van der Waals surface area contributed by atoms with Crippen LogP contribution in [0.1, 0.15) is 0 Å². The Morgan fingerprint density at radius 3 is 1.64 bits per heavy atom. The van der Waals surface area contributed by atoms with E-state index in [1.807, 2.05) is 6.07 Å². The molecule has 0 N–H and O–H groups in total. The van der Waals surface area contributed by atoms with Crippen LogP contribution in [0.25, 0.3) is 88.4 Å². The predicted octanol–water partition coefficient (Wildman–Crippen LogP) is 12.0. The van der Waals surface area contributed by atoms with E-state index in [-0.39, 0.29) is 0 Å². The minimum absolute atomic E-state index is 0.872. The first kappa shape index (κ1) is 26.0. The minimum atomic E-state index is 0.872. The smallest absolute Gasteiger partial charge is 0.213 e. The fraction of sp³-hybridized carbons (Fsp3) is 0. The Morgan fingerprint density at radius 1 is 0.362 bits per heavy atom. The number of rotatable bonds is 4. The lowest BCUT2D eigenvalue weighted by Gasteiger charge is -2.10. The Labute approximate surface area is 271 Å². The second-order valence-electron chi connectivity index (χ2n) is 12.1. The number of para-hydroxylation sites is 5. The number of furan rings is 1. The lowest BCUT2D eigenvalue weighted by atomic mass is 9.97. The largest absolute Gasteiger partial charge is 0.438 e. The monoisotopic (exact) mass is 600 g/mol. The van der Waals surface area contributed by atoms with E-state index in [9.17, 15) is 0 Å². The van der Waals surface area contributed by atoms with Crippen LogP contribution in [0.5, 0.6) is 0 Å². The second-order valence-corrected chi connectivity index (χ2v) is 12.1. The molecule has 0 atom stereocenters. The summed E-state index contributed by atoms with van der Waals surface area (Å²) in [5.74, 6) is 0. The molecule has 0 aliphatic carbocycles. The van der Waals surface area contributed by atoms with Crippen molar-refractivity contribution in [2.75, 3.05) is 0 Å². The Morgan fingerprint density at radius 2 is 0.915 bits per heavy atom. The molecule has 47 heavy (non-hydrogen) atoms. The molecular weight excluding hydrogens is 572 g/mol. The number of hydrogen-bond acceptors (Lipinski definition) is 1. The second kappa shape index (κ2) is 10.1. The third kappa shape index (κ3) is 3.87. The molecule has 10 rings (SSSR count). The molecule has 0 bridgehead atoms. The van der Waals surface area contributed by atoms with E-state index < -0.39 is 0 Å². The molecule has 7 aromatic carbocycles. The van der Waals surface area contributed by atoms with Crippen LogP contribution < -0.4 is 0 Å². The van der Waals surface area contributed by atoms with Gasteiger partial charge in [-0.3, -0.25) is 4.57 Å². The van der Waals surface area contributed by atoms with Gasteiger partial charge in [0.1, 0.15) is 5.58 Å². The highest BCUT2D eigenvalue weighted by atomic mass is 16.3. The fourth-order valence-electron chi connectivity index (χ4n) is 7.44. The van der Waals surface area contributed by atoms with E-state index in [2.05, 4.69) is 173 Å². The number of aromatic nitrogens is 2. The number of hydrogen-bond donors (Lipinski definition) is 0. The van der Waals surface area contributed by atoms with Crippen molar-refractivity contribution in [3.8, 4) is 33.6 Å². The van der Waals surface area contributed by atoms with Gasteiger partial charge < -0.3 is 8.98 Å². The molecule has 3 heteroatoms. The maximum absolute atomic E-state index is 6.84. The summed E-state index contributed by atoms with van der Waals surface area (Å²) in [6.07, 6.45) is 0. The van der Waals surface area contributed by atoms with Crippen molar-refractivity contribution in [1.82, 2.24) is 9.13 Å². The van der Waals surface area contributed by atoms with Crippen LogP contribution >= 0.6 is 0 Å². The van der Waals surface area contributed by atoms with Crippen LogP contribution in [0.3, 0.4) is 0 Å². The maximum Gasteiger partial charge on any atom is 0.213 e. The highest BCUT2D eigenvalue weighted by Gasteiger charge is 2.21. The molecule has 3 nitrogen and oxygen atoms in total. The van der Waals surface area contributed by atoms with Gasteiger partial charge in [-0.2, -0.15) is 0 Å². The Kier molecular flexibility index (Phi) is 5.57. The summed E-state index contributed by atoms with van der Waals surface area (Å²) in [6.45, 7) is 0. The topological polar surface area (TPSA) is 23.0 Å². The molecule has 10 aromatic rings. The van der Waals surface area contributed by atoms with Crippen molar-refractivity contribution in [2.24, 2.45) is 0 Å². The lowest BCUT2D eigenvalue weighted by molar-refractivity contribution is 0.646. The molecule has 0 amide bonds. The van der Waals surface area contributed by atoms with Crippen LogP contribution in [0.2, 0.25) is 0 Å². The molecule has 0 aliphatic rings. The zero-order chi connectivity index (χ0) is 30.9. The molecule has 220 valence electrons. The van der Waals surface area contributed by atoms with Crippen LogP contribution in [0, 0.1) is 0 Å². The van der Waals surface area contributed by atoms with Gasteiger partial charge in [-0.25, -0.2) is 0 Å². The summed E-state index contributed by atoms with van der Waals surface area (Å²) < 4.78 is 11.4. The van der Waals surface area contributed by atoms with Gasteiger partial charge in [-0.15, -0.1) is 0 Å². The highest BCUT2D eigenvalue weighted by molar-refractivity contribution is 6.21. The first-order chi connectivity index (χ1) is 23.3. The minimum Gasteiger partial charge on any atom is -0.438 e. The average Bonchev–Trinajstić information content (AvgIpc) is 3.79. The number of nitrogens with zero attached hydrogens (tertiary/aromatic N) is 2. The molecule has 0 saturated heterocycles. The van der Waals surface area contributed by atoms with Crippen molar-refractivity contribution >= 4 is 54.8 Å². The van der Waals surface area contributed by atoms with Crippen LogP contribution in [0.4, 0.5) is 0 Å².